The molecule has 3 N–H and O–H groups in total. The van der Waals surface area contributed by atoms with Gasteiger partial charge in [0.2, 0.25) is 23.5 Å². The molecular formula is C44H70N4O7S. The van der Waals surface area contributed by atoms with Crippen molar-refractivity contribution in [1.82, 2.24) is 20.9 Å². The predicted octanol–water partition coefficient (Wildman–Crippen LogP) is 5.66. The Labute approximate surface area is 337 Å². The van der Waals surface area contributed by atoms with E-state index in [0.717, 1.165) is 77.0 Å². The number of ketones is 1. The Morgan fingerprint density at radius 1 is 0.964 bits per heavy atom. The summed E-state index contributed by atoms with van der Waals surface area (Å²) < 4.78 is 26.3. The van der Waals surface area contributed by atoms with Crippen LogP contribution in [0.1, 0.15) is 144 Å². The molecule has 1 heterocycles. The summed E-state index contributed by atoms with van der Waals surface area (Å²) >= 11 is 0. The van der Waals surface area contributed by atoms with Crippen LogP contribution in [0.15, 0.2) is 12.7 Å². The quantitative estimate of drug-likeness (QED) is 0.0973. The van der Waals surface area contributed by atoms with Gasteiger partial charge in [-0.15, -0.1) is 18.9 Å². The summed E-state index contributed by atoms with van der Waals surface area (Å²) in [6.45, 7) is 15.5. The molecule has 4 aliphatic rings. The molecule has 4 fully saturated rings. The molecule has 3 aliphatic carbocycles. The third kappa shape index (κ3) is 10.6. The van der Waals surface area contributed by atoms with E-state index in [1.54, 1.807) is 25.7 Å². The van der Waals surface area contributed by atoms with Crippen molar-refractivity contribution in [2.75, 3.05) is 18.8 Å². The molecule has 0 aromatic rings. The minimum Gasteiger partial charge on any atom is -0.346 e. The summed E-state index contributed by atoms with van der Waals surface area (Å²) in [5.41, 5.74) is -0.649. The number of Topliss-reactive ketones (excluding diaryl/α,β-unsaturated/α-hetero) is 1. The van der Waals surface area contributed by atoms with Crippen LogP contribution in [-0.2, 0) is 33.8 Å². The van der Waals surface area contributed by atoms with E-state index >= 15 is 4.79 Å². The first kappa shape index (κ1) is 45.5. The van der Waals surface area contributed by atoms with Gasteiger partial charge in [0.1, 0.15) is 12.1 Å². The molecule has 4 amide bonds. The Morgan fingerprint density at radius 2 is 1.61 bits per heavy atom. The fraction of sp³-hybridized carbons (Fsp3) is 0.795. The first-order valence-electron chi connectivity index (χ1n) is 21.3. The van der Waals surface area contributed by atoms with E-state index in [1.165, 1.54) is 6.08 Å². The highest BCUT2D eigenvalue weighted by atomic mass is 32.2. The molecule has 0 spiro atoms. The van der Waals surface area contributed by atoms with Crippen LogP contribution in [0.2, 0.25) is 0 Å². The molecule has 1 saturated heterocycles. The van der Waals surface area contributed by atoms with Crippen LogP contribution in [-0.4, -0.2) is 84.4 Å². The lowest BCUT2D eigenvalue weighted by molar-refractivity contribution is -0.145. The molecule has 11 nitrogen and oxygen atoms in total. The van der Waals surface area contributed by atoms with Crippen LogP contribution < -0.4 is 16.0 Å². The van der Waals surface area contributed by atoms with E-state index in [2.05, 4.69) is 42.3 Å². The third-order valence-electron chi connectivity index (χ3n) is 13.7. The predicted molar refractivity (Wildman–Crippen MR) is 220 cm³/mol. The molecule has 12 heteroatoms. The van der Waals surface area contributed by atoms with Crippen molar-refractivity contribution < 1.29 is 32.4 Å². The summed E-state index contributed by atoms with van der Waals surface area (Å²) in [4.78, 5) is 71.7. The number of carbonyl (C=O) groups is 5. The molecule has 314 valence electrons. The minimum absolute atomic E-state index is 0.0278. The third-order valence-corrected chi connectivity index (χ3v) is 16.6. The van der Waals surface area contributed by atoms with Gasteiger partial charge in [-0.3, -0.25) is 24.0 Å². The van der Waals surface area contributed by atoms with Gasteiger partial charge in [0, 0.05) is 25.4 Å². The van der Waals surface area contributed by atoms with Gasteiger partial charge < -0.3 is 20.9 Å². The van der Waals surface area contributed by atoms with Crippen molar-refractivity contribution in [3.05, 3.63) is 12.7 Å². The number of nitrogens with one attached hydrogen (secondary N) is 3. The molecule has 3 saturated carbocycles. The molecule has 1 aliphatic heterocycles. The number of likely N-dealkylation sites (tertiary alicyclic amines) is 1. The van der Waals surface area contributed by atoms with Crippen LogP contribution in [0.4, 0.5) is 0 Å². The summed E-state index contributed by atoms with van der Waals surface area (Å²) in [5, 5.41) is 8.56. The van der Waals surface area contributed by atoms with Crippen molar-refractivity contribution >= 4 is 39.2 Å². The standard InChI is InChI=1S/C44H70N4O7S/c1-9-12-21-34(37(49)40(52)45-26-10-2)46-39(51)36-32-22-25-43(7,8)33(32)28-48(36)41(53)35(31-19-15-13-16-20-31)47-38(50)30(11-3)27-44(23-17-14-18-24-44)29-56(54,55)42(4,5)6/h1,10,30-36H,2,11-29H2,3-8H3,(H,45,52)(H,46,51)(H,47,50)/t30?,32-,33-,34?,35-,36-/m0/s1. The highest BCUT2D eigenvalue weighted by molar-refractivity contribution is 7.92. The highest BCUT2D eigenvalue weighted by Crippen LogP contribution is 2.53. The van der Waals surface area contributed by atoms with Crippen molar-refractivity contribution in [1.29, 1.82) is 0 Å². The molecule has 0 aromatic heterocycles. The number of hydrogen-bond donors (Lipinski definition) is 3. The Bertz CT molecular complexity index is 1600. The summed E-state index contributed by atoms with van der Waals surface area (Å²) in [5.74, 6) is -0.849. The second kappa shape index (κ2) is 19.0. The number of amides is 4. The fourth-order valence-electron chi connectivity index (χ4n) is 10.1. The molecular weight excluding hydrogens is 729 g/mol. The first-order chi connectivity index (χ1) is 26.3. The van der Waals surface area contributed by atoms with Gasteiger partial charge in [0.15, 0.2) is 9.84 Å². The summed E-state index contributed by atoms with van der Waals surface area (Å²) in [7, 11) is -3.45. The molecule has 4 rings (SSSR count). The van der Waals surface area contributed by atoms with E-state index in [4.69, 9.17) is 6.42 Å². The maximum atomic E-state index is 15.1. The number of hydrogen-bond acceptors (Lipinski definition) is 7. The maximum Gasteiger partial charge on any atom is 0.289 e. The number of carbonyl (C=O) groups excluding carboxylic acids is 5. The lowest BCUT2D eigenvalue weighted by Crippen LogP contribution is -2.59. The molecule has 0 aromatic carbocycles. The average Bonchev–Trinajstić information content (AvgIpc) is 3.69. The van der Waals surface area contributed by atoms with E-state index in [0.29, 0.717) is 19.4 Å². The van der Waals surface area contributed by atoms with Gasteiger partial charge in [-0.1, -0.05) is 65.4 Å². The number of rotatable bonds is 17. The molecule has 0 radical (unpaired) electrons. The van der Waals surface area contributed by atoms with E-state index in [-0.39, 0.29) is 60.1 Å². The van der Waals surface area contributed by atoms with Gasteiger partial charge in [0.05, 0.1) is 16.5 Å². The summed E-state index contributed by atoms with van der Waals surface area (Å²) in [6, 6.07) is -2.90. The van der Waals surface area contributed by atoms with Crippen molar-refractivity contribution in [3.63, 3.8) is 0 Å². The Morgan fingerprint density at radius 3 is 2.20 bits per heavy atom. The smallest absolute Gasteiger partial charge is 0.289 e. The number of nitrogens with zero attached hydrogens (tertiary/aromatic N) is 1. The van der Waals surface area contributed by atoms with Gasteiger partial charge in [0.25, 0.3) is 5.91 Å². The maximum absolute atomic E-state index is 15.1. The second-order valence-electron chi connectivity index (χ2n) is 19.0. The second-order valence-corrected chi connectivity index (χ2v) is 21.8. The SMILES string of the molecule is C#CCCC(NC(=O)[C@@H]1[C@H]2CCC(C)(C)[C@H]2CN1C(=O)[C@@H](NC(=O)C(CC)CC1(CS(=O)(=O)C(C)(C)C)CCCCC1)C1CCCCC1)C(=O)C(=O)NCC=C. The first-order valence-corrected chi connectivity index (χ1v) is 23.0. The van der Waals surface area contributed by atoms with Gasteiger partial charge in [-0.25, -0.2) is 8.42 Å². The zero-order valence-corrected chi connectivity index (χ0v) is 35.9. The van der Waals surface area contributed by atoms with Crippen LogP contribution in [0.3, 0.4) is 0 Å². The number of fused-ring (bicyclic) bond motifs is 1. The van der Waals surface area contributed by atoms with Gasteiger partial charge in [-0.05, 0) is 107 Å². The van der Waals surface area contributed by atoms with Crippen LogP contribution in [0.5, 0.6) is 0 Å². The van der Waals surface area contributed by atoms with Gasteiger partial charge in [-0.2, -0.15) is 0 Å². The summed E-state index contributed by atoms with van der Waals surface area (Å²) in [6.07, 6.45) is 18.6. The molecule has 6 atom stereocenters. The topological polar surface area (TPSA) is 159 Å². The molecule has 2 unspecified atom stereocenters. The van der Waals surface area contributed by atoms with Crippen molar-refractivity contribution in [3.8, 4) is 12.3 Å². The van der Waals surface area contributed by atoms with Crippen LogP contribution >= 0.6 is 0 Å². The Hall–Kier alpha value is -3.20. The van der Waals surface area contributed by atoms with Crippen LogP contribution in [0, 0.1) is 46.8 Å². The molecule has 56 heavy (non-hydrogen) atoms. The largest absolute Gasteiger partial charge is 0.346 e. The fourth-order valence-corrected chi connectivity index (χ4v) is 11.8. The van der Waals surface area contributed by atoms with E-state index in [9.17, 15) is 27.6 Å². The van der Waals surface area contributed by atoms with E-state index in [1.807, 2.05) is 6.92 Å². The monoisotopic (exact) mass is 798 g/mol. The van der Waals surface area contributed by atoms with Crippen molar-refractivity contribution in [2.24, 2.45) is 34.5 Å². The molecule has 0 bridgehead atoms. The van der Waals surface area contributed by atoms with Crippen LogP contribution in [0.25, 0.3) is 0 Å². The zero-order valence-electron chi connectivity index (χ0n) is 35.1. The lowest BCUT2D eigenvalue weighted by atomic mass is 9.69. The van der Waals surface area contributed by atoms with Crippen molar-refractivity contribution in [2.45, 2.75) is 167 Å². The Balaban J connectivity index is 1.64. The minimum atomic E-state index is -3.45. The average molecular weight is 799 g/mol. The normalized spacial score (nSPS) is 25.2. The zero-order chi connectivity index (χ0) is 41.5. The number of terminal acetylenes is 1. The lowest BCUT2D eigenvalue weighted by Gasteiger charge is -2.41. The Kier molecular flexibility index (Phi) is 15.5. The highest BCUT2D eigenvalue weighted by Gasteiger charge is 2.57. The number of sulfone groups is 1. The van der Waals surface area contributed by atoms with Gasteiger partial charge >= 0.3 is 0 Å². The van der Waals surface area contributed by atoms with E-state index < -0.39 is 61.6 Å².